The first-order valence-electron chi connectivity index (χ1n) is 7.68. The Bertz CT molecular complexity index is 625. The van der Waals surface area contributed by atoms with E-state index in [1.54, 1.807) is 39.0 Å². The maximum absolute atomic E-state index is 12.6. The van der Waals surface area contributed by atoms with Crippen LogP contribution >= 0.6 is 0 Å². The van der Waals surface area contributed by atoms with Crippen molar-refractivity contribution in [2.75, 3.05) is 4.90 Å². The molecule has 2 unspecified atom stereocenters. The molecule has 124 valence electrons. The Morgan fingerprint density at radius 3 is 2.70 bits per heavy atom. The van der Waals surface area contributed by atoms with Crippen LogP contribution in [0.1, 0.15) is 44.5 Å². The highest BCUT2D eigenvalue weighted by Gasteiger charge is 2.39. The fourth-order valence-electron chi connectivity index (χ4n) is 2.54. The molecule has 0 aromatic heterocycles. The van der Waals surface area contributed by atoms with Crippen LogP contribution in [0, 0.1) is 0 Å². The first kappa shape index (κ1) is 17.0. The van der Waals surface area contributed by atoms with E-state index in [1.807, 2.05) is 6.92 Å². The molecular weight excluding hydrogens is 298 g/mol. The monoisotopic (exact) mass is 319 g/mol. The number of ether oxygens (including phenoxy) is 2. The van der Waals surface area contributed by atoms with Crippen LogP contribution in [0.2, 0.25) is 0 Å². The lowest BCUT2D eigenvalue weighted by atomic mass is 10.1. The molecule has 23 heavy (non-hydrogen) atoms. The Labute approximate surface area is 135 Å². The van der Waals surface area contributed by atoms with Crippen LogP contribution in [0.25, 0.3) is 0 Å². The maximum Gasteiger partial charge on any atom is 0.329 e. The summed E-state index contributed by atoms with van der Waals surface area (Å²) in [4.78, 5) is 37.4. The maximum atomic E-state index is 12.6. The van der Waals surface area contributed by atoms with E-state index >= 15 is 0 Å². The van der Waals surface area contributed by atoms with Gasteiger partial charge in [0.15, 0.2) is 6.10 Å². The molecule has 0 saturated carbocycles. The van der Waals surface area contributed by atoms with Gasteiger partial charge < -0.3 is 9.47 Å². The van der Waals surface area contributed by atoms with Crippen LogP contribution in [0.3, 0.4) is 0 Å². The van der Waals surface area contributed by atoms with Gasteiger partial charge >= 0.3 is 5.97 Å². The number of benzene rings is 1. The smallest absolute Gasteiger partial charge is 0.329 e. The number of hydrogen-bond donors (Lipinski definition) is 0. The molecule has 0 radical (unpaired) electrons. The number of carbonyl (C=O) groups excluding carboxylic acids is 3. The van der Waals surface area contributed by atoms with Gasteiger partial charge in [-0.05, 0) is 45.4 Å². The molecule has 0 aliphatic carbocycles. The van der Waals surface area contributed by atoms with Gasteiger partial charge in [0.2, 0.25) is 0 Å². The number of hydrogen-bond acceptors (Lipinski definition) is 5. The third-order valence-corrected chi connectivity index (χ3v) is 3.59. The van der Waals surface area contributed by atoms with E-state index in [9.17, 15) is 14.4 Å². The quantitative estimate of drug-likeness (QED) is 0.615. The lowest BCUT2D eigenvalue weighted by molar-refractivity contribution is -0.150. The molecule has 0 saturated heterocycles. The van der Waals surface area contributed by atoms with Gasteiger partial charge in [0, 0.05) is 5.56 Å². The molecule has 0 bridgehead atoms. The molecule has 1 amide bonds. The summed E-state index contributed by atoms with van der Waals surface area (Å²) >= 11 is 0. The Morgan fingerprint density at radius 1 is 1.43 bits per heavy atom. The second kappa shape index (κ2) is 6.81. The van der Waals surface area contributed by atoms with Gasteiger partial charge in [-0.2, -0.15) is 0 Å². The molecule has 0 N–H and O–H groups in total. The van der Waals surface area contributed by atoms with Crippen LogP contribution in [0.4, 0.5) is 5.69 Å². The van der Waals surface area contributed by atoms with Crippen molar-refractivity contribution in [1.29, 1.82) is 0 Å². The molecule has 2 atom stereocenters. The molecule has 6 heteroatoms. The van der Waals surface area contributed by atoms with Crippen molar-refractivity contribution in [3.8, 4) is 5.75 Å². The Kier molecular flexibility index (Phi) is 5.03. The van der Waals surface area contributed by atoms with E-state index in [4.69, 9.17) is 9.47 Å². The highest BCUT2D eigenvalue weighted by atomic mass is 16.5. The van der Waals surface area contributed by atoms with Gasteiger partial charge in [-0.25, -0.2) is 4.79 Å². The Morgan fingerprint density at radius 2 is 2.13 bits per heavy atom. The summed E-state index contributed by atoms with van der Waals surface area (Å²) in [6.07, 6.45) is 0.111. The zero-order valence-electron chi connectivity index (χ0n) is 13.7. The molecule has 6 nitrogen and oxygen atoms in total. The Balaban J connectivity index is 2.48. The fourth-order valence-corrected chi connectivity index (χ4v) is 2.54. The van der Waals surface area contributed by atoms with Crippen molar-refractivity contribution in [3.05, 3.63) is 23.8 Å². The molecule has 1 aliphatic heterocycles. The van der Waals surface area contributed by atoms with Gasteiger partial charge in [-0.1, -0.05) is 6.92 Å². The van der Waals surface area contributed by atoms with E-state index in [0.717, 1.165) is 0 Å². The molecular formula is C17H21NO5. The molecule has 2 rings (SSSR count). The Hall–Kier alpha value is -2.37. The zero-order chi connectivity index (χ0) is 17.1. The topological polar surface area (TPSA) is 72.9 Å². The number of aldehydes is 1. The van der Waals surface area contributed by atoms with Gasteiger partial charge in [0.25, 0.3) is 5.91 Å². The molecule has 1 aromatic carbocycles. The first-order chi connectivity index (χ1) is 10.9. The lowest BCUT2D eigenvalue weighted by Crippen LogP contribution is -2.53. The summed E-state index contributed by atoms with van der Waals surface area (Å²) in [6, 6.07) is 4.05. The normalized spacial score (nSPS) is 18.2. The molecule has 0 fully saturated rings. The zero-order valence-corrected chi connectivity index (χ0v) is 13.7. The van der Waals surface area contributed by atoms with E-state index in [-0.39, 0.29) is 12.0 Å². The van der Waals surface area contributed by atoms with E-state index < -0.39 is 18.1 Å². The van der Waals surface area contributed by atoms with Crippen molar-refractivity contribution in [3.63, 3.8) is 0 Å². The van der Waals surface area contributed by atoms with Crippen molar-refractivity contribution in [1.82, 2.24) is 0 Å². The lowest BCUT2D eigenvalue weighted by Gasteiger charge is -2.37. The standard InChI is InChI=1S/C17H21NO5/c1-5-13(17(21)22-10(2)3)18-14-8-12(9-19)6-7-15(14)23-11(4)16(18)20/h6-11,13H,5H2,1-4H3. The van der Waals surface area contributed by atoms with E-state index in [0.29, 0.717) is 29.7 Å². The van der Waals surface area contributed by atoms with Crippen molar-refractivity contribution < 1.29 is 23.9 Å². The number of rotatable bonds is 5. The number of fused-ring (bicyclic) bond motifs is 1. The minimum Gasteiger partial charge on any atom is -0.479 e. The third-order valence-electron chi connectivity index (χ3n) is 3.59. The average molecular weight is 319 g/mol. The fraction of sp³-hybridized carbons (Fsp3) is 0.471. The van der Waals surface area contributed by atoms with E-state index in [1.165, 1.54) is 4.90 Å². The number of carbonyl (C=O) groups is 3. The number of anilines is 1. The van der Waals surface area contributed by atoms with Gasteiger partial charge in [0.05, 0.1) is 11.8 Å². The van der Waals surface area contributed by atoms with Crippen LogP contribution in [-0.2, 0) is 14.3 Å². The molecule has 1 heterocycles. The van der Waals surface area contributed by atoms with Crippen LogP contribution < -0.4 is 9.64 Å². The minimum atomic E-state index is -0.753. The minimum absolute atomic E-state index is 0.272. The molecule has 1 aliphatic rings. The van der Waals surface area contributed by atoms with E-state index in [2.05, 4.69) is 0 Å². The number of esters is 1. The highest BCUT2D eigenvalue weighted by Crippen LogP contribution is 2.36. The summed E-state index contributed by atoms with van der Waals surface area (Å²) in [6.45, 7) is 6.95. The third kappa shape index (κ3) is 3.36. The number of nitrogens with zero attached hydrogens (tertiary/aromatic N) is 1. The predicted molar refractivity (Wildman–Crippen MR) is 84.7 cm³/mol. The predicted octanol–water partition coefficient (Wildman–Crippen LogP) is 2.34. The molecule has 1 aromatic rings. The van der Waals surface area contributed by atoms with Gasteiger partial charge in [-0.15, -0.1) is 0 Å². The van der Waals surface area contributed by atoms with Crippen molar-refractivity contribution >= 4 is 23.9 Å². The largest absolute Gasteiger partial charge is 0.479 e. The summed E-state index contributed by atoms with van der Waals surface area (Å²) in [5.41, 5.74) is 0.831. The van der Waals surface area contributed by atoms with Crippen molar-refractivity contribution in [2.45, 2.75) is 52.4 Å². The summed E-state index contributed by atoms with van der Waals surface area (Å²) in [7, 11) is 0. The SMILES string of the molecule is CCC(C(=O)OC(C)C)N1C(=O)C(C)Oc2ccc(C=O)cc21. The van der Waals surface area contributed by atoms with Crippen LogP contribution in [0.5, 0.6) is 5.75 Å². The average Bonchev–Trinajstić information content (AvgIpc) is 2.50. The van der Waals surface area contributed by atoms with Gasteiger partial charge in [-0.3, -0.25) is 14.5 Å². The highest BCUT2D eigenvalue weighted by molar-refractivity contribution is 6.05. The van der Waals surface area contributed by atoms with Crippen LogP contribution in [0.15, 0.2) is 18.2 Å². The molecule has 0 spiro atoms. The van der Waals surface area contributed by atoms with Gasteiger partial charge in [0.1, 0.15) is 18.1 Å². The van der Waals surface area contributed by atoms with Crippen LogP contribution in [-0.4, -0.2) is 36.4 Å². The summed E-state index contributed by atoms with van der Waals surface area (Å²) in [5.74, 6) is -0.320. The van der Waals surface area contributed by atoms with Crippen molar-refractivity contribution in [2.24, 2.45) is 0 Å². The second-order valence-electron chi connectivity index (χ2n) is 5.72. The summed E-state index contributed by atoms with van der Waals surface area (Å²) < 4.78 is 10.8. The second-order valence-corrected chi connectivity index (χ2v) is 5.72. The number of amides is 1. The summed E-state index contributed by atoms with van der Waals surface area (Å²) in [5, 5.41) is 0. The first-order valence-corrected chi connectivity index (χ1v) is 7.68.